The third kappa shape index (κ3) is 2.54. The molecule has 1 aromatic carbocycles. The molecule has 1 saturated heterocycles. The van der Waals surface area contributed by atoms with Crippen LogP contribution in [0, 0.1) is 5.82 Å². The second kappa shape index (κ2) is 5.12. The predicted octanol–water partition coefficient (Wildman–Crippen LogP) is 0.244. The SMILES string of the molecule is O=S1(=O)N=C(CN2CCNCC2)Nc2c(F)cccc21. The molecule has 0 bridgehead atoms. The third-order valence-electron chi connectivity index (χ3n) is 3.34. The Hall–Kier alpha value is -1.51. The standard InChI is InChI=1S/C12H15FN4O2S/c13-9-2-1-3-10-12(9)15-11(16-20(10,18)19)8-17-6-4-14-5-7-17/h1-3,14H,4-8H2,(H,15,16). The maximum absolute atomic E-state index is 13.8. The van der Waals surface area contributed by atoms with Gasteiger partial charge in [-0.05, 0) is 12.1 Å². The Kier molecular flexibility index (Phi) is 3.45. The minimum atomic E-state index is -3.82. The number of rotatable bonds is 2. The zero-order valence-corrected chi connectivity index (χ0v) is 11.6. The molecule has 6 nitrogen and oxygen atoms in total. The molecule has 0 amide bonds. The lowest BCUT2D eigenvalue weighted by Gasteiger charge is -2.29. The van der Waals surface area contributed by atoms with Gasteiger partial charge in [0.25, 0.3) is 10.0 Å². The molecule has 0 saturated carbocycles. The number of hydrogen-bond acceptors (Lipinski definition) is 5. The molecule has 2 aliphatic heterocycles. The smallest absolute Gasteiger partial charge is 0.286 e. The second-order valence-corrected chi connectivity index (χ2v) is 6.35. The largest absolute Gasteiger partial charge is 0.338 e. The molecule has 2 N–H and O–H groups in total. The van der Waals surface area contributed by atoms with E-state index in [1.807, 2.05) is 0 Å². The number of sulfonamides is 1. The van der Waals surface area contributed by atoms with Crippen LogP contribution in [0.3, 0.4) is 0 Å². The van der Waals surface area contributed by atoms with Gasteiger partial charge in [0.2, 0.25) is 0 Å². The molecule has 2 heterocycles. The van der Waals surface area contributed by atoms with Crippen molar-refractivity contribution < 1.29 is 12.8 Å². The van der Waals surface area contributed by atoms with E-state index in [0.29, 0.717) is 6.54 Å². The summed E-state index contributed by atoms with van der Waals surface area (Å²) in [6, 6.07) is 3.95. The number of nitrogens with one attached hydrogen (secondary N) is 2. The molecule has 1 aromatic rings. The highest BCUT2D eigenvalue weighted by Crippen LogP contribution is 2.29. The first-order valence-corrected chi connectivity index (χ1v) is 7.83. The van der Waals surface area contributed by atoms with Crippen LogP contribution in [0.5, 0.6) is 0 Å². The van der Waals surface area contributed by atoms with Gasteiger partial charge in [0, 0.05) is 26.2 Å². The lowest BCUT2D eigenvalue weighted by Crippen LogP contribution is -2.47. The summed E-state index contributed by atoms with van der Waals surface area (Å²) >= 11 is 0. The van der Waals surface area contributed by atoms with E-state index in [2.05, 4.69) is 19.9 Å². The molecule has 0 aliphatic carbocycles. The van der Waals surface area contributed by atoms with Gasteiger partial charge in [0.1, 0.15) is 16.5 Å². The first-order valence-electron chi connectivity index (χ1n) is 6.39. The van der Waals surface area contributed by atoms with Crippen molar-refractivity contribution in [3.8, 4) is 0 Å². The molecule has 3 rings (SSSR count). The topological polar surface area (TPSA) is 73.8 Å². The lowest BCUT2D eigenvalue weighted by molar-refractivity contribution is 0.272. The van der Waals surface area contributed by atoms with E-state index >= 15 is 0 Å². The van der Waals surface area contributed by atoms with Gasteiger partial charge in [0.15, 0.2) is 0 Å². The number of anilines is 1. The molecule has 0 aromatic heterocycles. The number of hydrogen-bond donors (Lipinski definition) is 2. The Morgan fingerprint density at radius 2 is 2.05 bits per heavy atom. The van der Waals surface area contributed by atoms with Crippen molar-refractivity contribution in [2.45, 2.75) is 4.90 Å². The van der Waals surface area contributed by atoms with E-state index in [-0.39, 0.29) is 16.4 Å². The van der Waals surface area contributed by atoms with Crippen LogP contribution in [0.2, 0.25) is 0 Å². The van der Waals surface area contributed by atoms with Crippen LogP contribution in [0.25, 0.3) is 0 Å². The third-order valence-corrected chi connectivity index (χ3v) is 4.69. The van der Waals surface area contributed by atoms with E-state index in [1.54, 1.807) is 0 Å². The molecule has 0 spiro atoms. The summed E-state index contributed by atoms with van der Waals surface area (Å²) in [7, 11) is -3.82. The molecular formula is C12H15FN4O2S. The van der Waals surface area contributed by atoms with Crippen LogP contribution in [0.15, 0.2) is 27.5 Å². The Bertz CT molecular complexity index is 653. The second-order valence-electron chi connectivity index (χ2n) is 4.78. The summed E-state index contributed by atoms with van der Waals surface area (Å²) in [6.07, 6.45) is 0. The molecule has 2 aliphatic rings. The van der Waals surface area contributed by atoms with E-state index in [0.717, 1.165) is 26.2 Å². The number of para-hydroxylation sites is 1. The molecule has 0 unspecified atom stereocenters. The van der Waals surface area contributed by atoms with Crippen LogP contribution in [-0.2, 0) is 10.0 Å². The van der Waals surface area contributed by atoms with E-state index in [9.17, 15) is 12.8 Å². The first kappa shape index (κ1) is 13.5. The van der Waals surface area contributed by atoms with Crippen molar-refractivity contribution in [1.29, 1.82) is 0 Å². The van der Waals surface area contributed by atoms with E-state index in [1.165, 1.54) is 18.2 Å². The minimum Gasteiger partial charge on any atom is -0.338 e. The van der Waals surface area contributed by atoms with Crippen molar-refractivity contribution in [3.63, 3.8) is 0 Å². The van der Waals surface area contributed by atoms with Crippen LogP contribution in [-0.4, -0.2) is 51.9 Å². The van der Waals surface area contributed by atoms with Crippen molar-refractivity contribution >= 4 is 21.5 Å². The fourth-order valence-electron chi connectivity index (χ4n) is 2.35. The van der Waals surface area contributed by atoms with Crippen molar-refractivity contribution in [2.75, 3.05) is 38.0 Å². The van der Waals surface area contributed by atoms with Crippen molar-refractivity contribution in [1.82, 2.24) is 10.2 Å². The highest BCUT2D eigenvalue weighted by molar-refractivity contribution is 7.90. The monoisotopic (exact) mass is 298 g/mol. The Morgan fingerprint density at radius 3 is 2.80 bits per heavy atom. The number of nitrogens with zero attached hydrogens (tertiary/aromatic N) is 2. The molecule has 0 radical (unpaired) electrons. The molecule has 8 heteroatoms. The summed E-state index contributed by atoms with van der Waals surface area (Å²) in [5.74, 6) is -0.316. The Morgan fingerprint density at radius 1 is 1.30 bits per heavy atom. The highest BCUT2D eigenvalue weighted by Gasteiger charge is 2.28. The predicted molar refractivity (Wildman–Crippen MR) is 74.0 cm³/mol. The first-order chi connectivity index (χ1) is 9.56. The number of benzene rings is 1. The molecular weight excluding hydrogens is 283 g/mol. The van der Waals surface area contributed by atoms with Crippen LogP contribution in [0.4, 0.5) is 10.1 Å². The van der Waals surface area contributed by atoms with Gasteiger partial charge < -0.3 is 10.6 Å². The minimum absolute atomic E-state index is 0.00682. The summed E-state index contributed by atoms with van der Waals surface area (Å²) in [6.45, 7) is 3.69. The average Bonchev–Trinajstić information content (AvgIpc) is 2.41. The maximum Gasteiger partial charge on any atom is 0.286 e. The summed E-state index contributed by atoms with van der Waals surface area (Å²) < 4.78 is 41.6. The fourth-order valence-corrected chi connectivity index (χ4v) is 3.50. The quantitative estimate of drug-likeness (QED) is 0.818. The highest BCUT2D eigenvalue weighted by atomic mass is 32.2. The Labute approximate surface area is 116 Å². The number of fused-ring (bicyclic) bond motifs is 1. The number of piperazine rings is 1. The summed E-state index contributed by atoms with van der Waals surface area (Å²) in [5, 5.41) is 6.01. The van der Waals surface area contributed by atoms with Crippen LogP contribution < -0.4 is 10.6 Å². The molecule has 0 atom stereocenters. The fraction of sp³-hybridized carbons (Fsp3) is 0.417. The van der Waals surface area contributed by atoms with Gasteiger partial charge >= 0.3 is 0 Å². The van der Waals surface area contributed by atoms with Gasteiger partial charge in [-0.3, -0.25) is 4.90 Å². The molecule has 20 heavy (non-hydrogen) atoms. The zero-order chi connectivity index (χ0) is 14.2. The lowest BCUT2D eigenvalue weighted by atomic mass is 10.3. The van der Waals surface area contributed by atoms with Gasteiger partial charge in [-0.2, -0.15) is 8.42 Å². The number of halogens is 1. The van der Waals surface area contributed by atoms with Gasteiger partial charge in [0.05, 0.1) is 12.2 Å². The van der Waals surface area contributed by atoms with Gasteiger partial charge in [-0.1, -0.05) is 6.07 Å². The summed E-state index contributed by atoms with van der Waals surface area (Å²) in [4.78, 5) is 1.96. The molecule has 1 fully saturated rings. The average molecular weight is 298 g/mol. The maximum atomic E-state index is 13.8. The van der Waals surface area contributed by atoms with Crippen molar-refractivity contribution in [2.24, 2.45) is 4.40 Å². The van der Waals surface area contributed by atoms with Crippen LogP contribution in [0.1, 0.15) is 0 Å². The number of amidine groups is 1. The molecule has 108 valence electrons. The summed E-state index contributed by atoms with van der Waals surface area (Å²) in [5.41, 5.74) is -0.00682. The van der Waals surface area contributed by atoms with Gasteiger partial charge in [-0.15, -0.1) is 4.40 Å². The van der Waals surface area contributed by atoms with E-state index < -0.39 is 15.8 Å². The van der Waals surface area contributed by atoms with E-state index in [4.69, 9.17) is 0 Å². The Balaban J connectivity index is 1.88. The van der Waals surface area contributed by atoms with Crippen LogP contribution >= 0.6 is 0 Å². The normalized spacial score (nSPS) is 21.8. The van der Waals surface area contributed by atoms with Gasteiger partial charge in [-0.25, -0.2) is 4.39 Å². The zero-order valence-electron chi connectivity index (χ0n) is 10.8. The van der Waals surface area contributed by atoms with Crippen molar-refractivity contribution in [3.05, 3.63) is 24.0 Å².